The van der Waals surface area contributed by atoms with E-state index < -0.39 is 0 Å². The molecule has 102 valence electrons. The number of para-hydroxylation sites is 2. The Labute approximate surface area is 117 Å². The van der Waals surface area contributed by atoms with Gasteiger partial charge in [-0.05, 0) is 31.2 Å². The number of benzene rings is 2. The van der Waals surface area contributed by atoms with Crippen molar-refractivity contribution in [2.75, 3.05) is 12.4 Å². The normalized spacial score (nSPS) is 10.9. The van der Waals surface area contributed by atoms with E-state index in [9.17, 15) is 4.39 Å². The zero-order valence-electron chi connectivity index (χ0n) is 11.5. The van der Waals surface area contributed by atoms with E-state index in [0.29, 0.717) is 5.52 Å². The maximum atomic E-state index is 13.9. The Kier molecular flexibility index (Phi) is 3.14. The fourth-order valence-corrected chi connectivity index (χ4v) is 2.53. The van der Waals surface area contributed by atoms with E-state index in [1.54, 1.807) is 6.07 Å². The lowest BCUT2D eigenvalue weighted by Crippen LogP contribution is -2.00. The number of nitrogens with zero attached hydrogens (tertiary/aromatic N) is 2. The van der Waals surface area contributed by atoms with Crippen molar-refractivity contribution in [2.45, 2.75) is 13.5 Å². The zero-order chi connectivity index (χ0) is 14.1. The molecule has 0 amide bonds. The predicted molar refractivity (Wildman–Crippen MR) is 80.3 cm³/mol. The molecule has 0 bridgehead atoms. The van der Waals surface area contributed by atoms with Crippen LogP contribution in [-0.2, 0) is 6.54 Å². The molecule has 0 spiro atoms. The van der Waals surface area contributed by atoms with Gasteiger partial charge in [0.15, 0.2) is 5.82 Å². The van der Waals surface area contributed by atoms with Crippen molar-refractivity contribution in [3.8, 4) is 11.4 Å². The number of imidazole rings is 1. The Morgan fingerprint density at radius 2 is 1.95 bits per heavy atom. The number of fused-ring (bicyclic) bond motifs is 1. The molecule has 0 unspecified atom stereocenters. The molecular formula is C16H16FN3. The monoisotopic (exact) mass is 269 g/mol. The lowest BCUT2D eigenvalue weighted by molar-refractivity contribution is 0.637. The van der Waals surface area contributed by atoms with Crippen LogP contribution in [0.5, 0.6) is 0 Å². The number of aryl methyl sites for hydroxylation is 1. The smallest absolute Gasteiger partial charge is 0.151 e. The number of nitrogens with one attached hydrogen (secondary N) is 1. The van der Waals surface area contributed by atoms with E-state index in [-0.39, 0.29) is 5.82 Å². The molecule has 0 fully saturated rings. The molecule has 0 saturated heterocycles. The zero-order valence-corrected chi connectivity index (χ0v) is 11.5. The molecule has 3 rings (SSSR count). The Morgan fingerprint density at radius 1 is 1.15 bits per heavy atom. The van der Waals surface area contributed by atoms with E-state index in [0.717, 1.165) is 29.1 Å². The largest absolute Gasteiger partial charge is 0.388 e. The second-order valence-corrected chi connectivity index (χ2v) is 4.58. The summed E-state index contributed by atoms with van der Waals surface area (Å²) in [5, 5.41) is 3.16. The van der Waals surface area contributed by atoms with Crippen LogP contribution in [0.25, 0.3) is 22.4 Å². The maximum absolute atomic E-state index is 13.9. The summed E-state index contributed by atoms with van der Waals surface area (Å²) in [7, 11) is 1.87. The summed E-state index contributed by atoms with van der Waals surface area (Å²) in [6.45, 7) is 2.78. The van der Waals surface area contributed by atoms with Crippen molar-refractivity contribution >= 4 is 16.7 Å². The molecule has 0 aliphatic heterocycles. The minimum Gasteiger partial charge on any atom is -0.388 e. The first-order valence-corrected chi connectivity index (χ1v) is 6.68. The molecule has 1 N–H and O–H groups in total. The van der Waals surface area contributed by atoms with E-state index >= 15 is 0 Å². The van der Waals surface area contributed by atoms with Gasteiger partial charge in [-0.1, -0.05) is 18.2 Å². The fraction of sp³-hybridized carbons (Fsp3) is 0.188. The van der Waals surface area contributed by atoms with E-state index in [2.05, 4.69) is 10.3 Å². The van der Waals surface area contributed by atoms with Gasteiger partial charge in [0.25, 0.3) is 0 Å². The molecule has 1 heterocycles. The first-order chi connectivity index (χ1) is 9.76. The number of rotatable bonds is 3. The number of anilines is 1. The highest BCUT2D eigenvalue weighted by Gasteiger charge is 2.15. The summed E-state index contributed by atoms with van der Waals surface area (Å²) in [6.07, 6.45) is 0. The highest BCUT2D eigenvalue weighted by Crippen LogP contribution is 2.30. The van der Waals surface area contributed by atoms with Gasteiger partial charge in [0.05, 0.1) is 5.52 Å². The standard InChI is InChI=1S/C16H16FN3/c1-3-20-14-10-6-8-12(17)15(14)19-16(20)11-7-4-5-9-13(11)18-2/h4-10,18H,3H2,1-2H3. The molecule has 20 heavy (non-hydrogen) atoms. The quantitative estimate of drug-likeness (QED) is 0.781. The van der Waals surface area contributed by atoms with Crippen molar-refractivity contribution < 1.29 is 4.39 Å². The maximum Gasteiger partial charge on any atom is 0.151 e. The van der Waals surface area contributed by atoms with E-state index in [1.165, 1.54) is 6.07 Å². The summed E-state index contributed by atoms with van der Waals surface area (Å²) < 4.78 is 16.0. The predicted octanol–water partition coefficient (Wildman–Crippen LogP) is 3.90. The van der Waals surface area contributed by atoms with Crippen molar-refractivity contribution in [1.82, 2.24) is 9.55 Å². The molecular weight excluding hydrogens is 253 g/mol. The van der Waals surface area contributed by atoms with Crippen molar-refractivity contribution in [2.24, 2.45) is 0 Å². The second-order valence-electron chi connectivity index (χ2n) is 4.58. The van der Waals surface area contributed by atoms with E-state index in [1.807, 2.05) is 48.9 Å². The van der Waals surface area contributed by atoms with Gasteiger partial charge in [-0.15, -0.1) is 0 Å². The summed E-state index contributed by atoms with van der Waals surface area (Å²) in [6, 6.07) is 13.0. The summed E-state index contributed by atoms with van der Waals surface area (Å²) in [4.78, 5) is 4.51. The lowest BCUT2D eigenvalue weighted by atomic mass is 10.1. The van der Waals surface area contributed by atoms with Crippen LogP contribution in [0.2, 0.25) is 0 Å². The van der Waals surface area contributed by atoms with Crippen LogP contribution in [0.3, 0.4) is 0 Å². The van der Waals surface area contributed by atoms with Crippen molar-refractivity contribution in [1.29, 1.82) is 0 Å². The van der Waals surface area contributed by atoms with E-state index in [4.69, 9.17) is 0 Å². The van der Waals surface area contributed by atoms with Gasteiger partial charge in [-0.3, -0.25) is 0 Å². The Balaban J connectivity index is 2.33. The summed E-state index contributed by atoms with van der Waals surface area (Å²) in [5.41, 5.74) is 3.22. The van der Waals surface area contributed by atoms with Gasteiger partial charge < -0.3 is 9.88 Å². The minimum absolute atomic E-state index is 0.280. The average molecular weight is 269 g/mol. The van der Waals surface area contributed by atoms with Gasteiger partial charge in [0.1, 0.15) is 11.3 Å². The van der Waals surface area contributed by atoms with Crippen LogP contribution in [-0.4, -0.2) is 16.6 Å². The van der Waals surface area contributed by atoms with Gasteiger partial charge in [-0.25, -0.2) is 9.37 Å². The first-order valence-electron chi connectivity index (χ1n) is 6.68. The SMILES string of the molecule is CCn1c(-c2ccccc2NC)nc2c(F)cccc21. The topological polar surface area (TPSA) is 29.9 Å². The van der Waals surface area contributed by atoms with Gasteiger partial charge in [0.2, 0.25) is 0 Å². The number of hydrogen-bond donors (Lipinski definition) is 1. The molecule has 3 aromatic rings. The molecule has 4 heteroatoms. The van der Waals surface area contributed by atoms with Crippen LogP contribution in [0, 0.1) is 5.82 Å². The summed E-state index contributed by atoms with van der Waals surface area (Å²) >= 11 is 0. The molecule has 2 aromatic carbocycles. The molecule has 3 nitrogen and oxygen atoms in total. The van der Waals surface area contributed by atoms with Crippen LogP contribution < -0.4 is 5.32 Å². The third-order valence-electron chi connectivity index (χ3n) is 3.48. The summed E-state index contributed by atoms with van der Waals surface area (Å²) in [5.74, 6) is 0.510. The van der Waals surface area contributed by atoms with Gasteiger partial charge in [0, 0.05) is 24.8 Å². The fourth-order valence-electron chi connectivity index (χ4n) is 2.53. The Hall–Kier alpha value is -2.36. The highest BCUT2D eigenvalue weighted by atomic mass is 19.1. The highest BCUT2D eigenvalue weighted by molar-refractivity contribution is 5.84. The van der Waals surface area contributed by atoms with Crippen LogP contribution >= 0.6 is 0 Å². The van der Waals surface area contributed by atoms with Gasteiger partial charge >= 0.3 is 0 Å². The molecule has 0 radical (unpaired) electrons. The third-order valence-corrected chi connectivity index (χ3v) is 3.48. The number of aromatic nitrogens is 2. The first kappa shape index (κ1) is 12.7. The molecule has 0 aliphatic rings. The number of halogens is 1. The molecule has 0 aliphatic carbocycles. The van der Waals surface area contributed by atoms with Gasteiger partial charge in [-0.2, -0.15) is 0 Å². The molecule has 1 aromatic heterocycles. The van der Waals surface area contributed by atoms with Crippen LogP contribution in [0.1, 0.15) is 6.92 Å². The number of hydrogen-bond acceptors (Lipinski definition) is 2. The molecule has 0 saturated carbocycles. The molecule has 0 atom stereocenters. The van der Waals surface area contributed by atoms with Crippen molar-refractivity contribution in [3.63, 3.8) is 0 Å². The average Bonchev–Trinajstić information content (AvgIpc) is 2.87. The van der Waals surface area contributed by atoms with Crippen LogP contribution in [0.4, 0.5) is 10.1 Å². The second kappa shape index (κ2) is 4.96. The third kappa shape index (κ3) is 1.84. The minimum atomic E-state index is -0.280. The lowest BCUT2D eigenvalue weighted by Gasteiger charge is -2.10. The Morgan fingerprint density at radius 3 is 2.70 bits per heavy atom. The Bertz CT molecular complexity index is 762. The van der Waals surface area contributed by atoms with Crippen LogP contribution in [0.15, 0.2) is 42.5 Å². The van der Waals surface area contributed by atoms with Crippen molar-refractivity contribution in [3.05, 3.63) is 48.3 Å².